The van der Waals surface area contributed by atoms with Gasteiger partial charge in [0, 0.05) is 71.6 Å². The number of carbonyl (C=O) groups is 2. The second-order valence-corrected chi connectivity index (χ2v) is 9.04. The van der Waals surface area contributed by atoms with Crippen molar-refractivity contribution in [2.75, 3.05) is 16.8 Å². The van der Waals surface area contributed by atoms with Gasteiger partial charge in [0.1, 0.15) is 0 Å². The van der Waals surface area contributed by atoms with Crippen LogP contribution in [0, 0.1) is 0 Å². The molecule has 2 aromatic carbocycles. The normalized spacial score (nSPS) is 14.5. The van der Waals surface area contributed by atoms with Crippen molar-refractivity contribution in [3.63, 3.8) is 0 Å². The monoisotopic (exact) mass is 472 g/mol. The first-order chi connectivity index (χ1) is 17.7. The molecule has 6 nitrogen and oxygen atoms in total. The van der Waals surface area contributed by atoms with E-state index in [1.165, 1.54) is 0 Å². The number of hydrogen-bond acceptors (Lipinski definition) is 4. The number of fused-ring (bicyclic) bond motifs is 1. The third kappa shape index (κ3) is 4.18. The van der Waals surface area contributed by atoms with Gasteiger partial charge >= 0.3 is 0 Å². The number of para-hydroxylation sites is 1. The molecule has 2 aromatic heterocycles. The van der Waals surface area contributed by atoms with Gasteiger partial charge in [-0.15, -0.1) is 0 Å². The highest BCUT2D eigenvalue weighted by Crippen LogP contribution is 2.35. The largest absolute Gasteiger partial charge is 0.322 e. The van der Waals surface area contributed by atoms with Crippen LogP contribution < -0.4 is 10.2 Å². The molecule has 176 valence electrons. The Kier molecular flexibility index (Phi) is 5.62. The number of anilines is 2. The zero-order valence-corrected chi connectivity index (χ0v) is 19.6. The smallest absolute Gasteiger partial charge is 0.252 e. The summed E-state index contributed by atoms with van der Waals surface area (Å²) in [5.74, 6) is 0.0661. The van der Waals surface area contributed by atoms with Crippen molar-refractivity contribution in [3.8, 4) is 22.3 Å². The Morgan fingerprint density at radius 1 is 0.917 bits per heavy atom. The summed E-state index contributed by atoms with van der Waals surface area (Å²) in [7, 11) is 0. The number of carbonyl (C=O) groups excluding carboxylic acids is 2. The molecule has 0 spiro atoms. The number of amides is 2. The molecular weight excluding hydrogens is 448 g/mol. The summed E-state index contributed by atoms with van der Waals surface area (Å²) >= 11 is 0. The zero-order chi connectivity index (χ0) is 24.5. The highest BCUT2D eigenvalue weighted by molar-refractivity contribution is 6.09. The quantitative estimate of drug-likeness (QED) is 0.415. The number of nitrogens with one attached hydrogen (secondary N) is 1. The van der Waals surface area contributed by atoms with Crippen molar-refractivity contribution in [1.29, 1.82) is 0 Å². The van der Waals surface area contributed by atoms with Crippen LogP contribution in [0.25, 0.3) is 28.3 Å². The van der Waals surface area contributed by atoms with E-state index in [0.717, 1.165) is 57.9 Å². The second-order valence-electron chi connectivity index (χ2n) is 9.04. The highest BCUT2D eigenvalue weighted by Gasteiger charge is 2.23. The van der Waals surface area contributed by atoms with Gasteiger partial charge in [-0.05, 0) is 60.0 Å². The molecule has 0 unspecified atom stereocenters. The van der Waals surface area contributed by atoms with Gasteiger partial charge in [-0.3, -0.25) is 19.6 Å². The standard InChI is InChI=1S/C30H24N4O2/c35-29-7-4-14-34(29)25-10-8-20(9-11-25)22-15-23(19-31-18-22)26-12-13-32-28-17-21(16-27(26)28)30(36)33-24-5-2-1-3-6-24/h1-3,5-6,8-13,15-16,18-19H,4,7,14,17H2,(H,33,36). The molecular formula is C30H24N4O2. The minimum Gasteiger partial charge on any atom is -0.322 e. The van der Waals surface area contributed by atoms with Crippen molar-refractivity contribution < 1.29 is 9.59 Å². The number of rotatable bonds is 5. The lowest BCUT2D eigenvalue weighted by molar-refractivity contribution is -0.117. The van der Waals surface area contributed by atoms with Crippen LogP contribution in [-0.4, -0.2) is 28.3 Å². The molecule has 1 N–H and O–H groups in total. The summed E-state index contributed by atoms with van der Waals surface area (Å²) in [6.07, 6.45) is 9.42. The van der Waals surface area contributed by atoms with Crippen molar-refractivity contribution in [2.24, 2.45) is 0 Å². The summed E-state index contributed by atoms with van der Waals surface area (Å²) in [4.78, 5) is 35.8. The van der Waals surface area contributed by atoms with Crippen molar-refractivity contribution in [2.45, 2.75) is 19.3 Å². The predicted octanol–water partition coefficient (Wildman–Crippen LogP) is 5.52. The summed E-state index contributed by atoms with van der Waals surface area (Å²) in [5, 5.41) is 2.96. The molecule has 0 saturated carbocycles. The lowest BCUT2D eigenvalue weighted by atomic mass is 9.98. The average Bonchev–Trinajstić information content (AvgIpc) is 3.56. The van der Waals surface area contributed by atoms with Gasteiger partial charge in [0.15, 0.2) is 0 Å². The molecule has 3 heterocycles. The molecule has 0 radical (unpaired) electrons. The Hall–Kier alpha value is -4.58. The Morgan fingerprint density at radius 3 is 2.50 bits per heavy atom. The van der Waals surface area contributed by atoms with Gasteiger partial charge < -0.3 is 10.2 Å². The maximum atomic E-state index is 12.9. The van der Waals surface area contributed by atoms with Crippen LogP contribution in [0.15, 0.2) is 90.9 Å². The number of benzene rings is 2. The van der Waals surface area contributed by atoms with Crippen molar-refractivity contribution in [3.05, 3.63) is 102 Å². The number of hydrogen-bond donors (Lipinski definition) is 1. The second kappa shape index (κ2) is 9.23. The van der Waals surface area contributed by atoms with Crippen molar-refractivity contribution >= 4 is 29.3 Å². The minimum atomic E-state index is -0.117. The number of nitrogens with zero attached hydrogens (tertiary/aromatic N) is 3. The van der Waals surface area contributed by atoms with Gasteiger partial charge in [0.25, 0.3) is 5.91 Å². The maximum absolute atomic E-state index is 12.9. The van der Waals surface area contributed by atoms with Gasteiger partial charge in [-0.1, -0.05) is 30.3 Å². The Balaban J connectivity index is 1.27. The molecule has 1 fully saturated rings. The Labute approximate surface area is 209 Å². The van der Waals surface area contributed by atoms with Crippen LogP contribution in [0.2, 0.25) is 0 Å². The van der Waals surface area contributed by atoms with Gasteiger partial charge in [-0.25, -0.2) is 0 Å². The average molecular weight is 473 g/mol. The van der Waals surface area contributed by atoms with E-state index in [4.69, 9.17) is 0 Å². The molecule has 0 bridgehead atoms. The molecule has 1 aliphatic carbocycles. The van der Waals surface area contributed by atoms with E-state index in [9.17, 15) is 9.59 Å². The van der Waals surface area contributed by atoms with E-state index >= 15 is 0 Å². The number of pyridine rings is 2. The first-order valence-corrected chi connectivity index (χ1v) is 12.1. The first-order valence-electron chi connectivity index (χ1n) is 12.1. The topological polar surface area (TPSA) is 75.2 Å². The number of aromatic nitrogens is 2. The van der Waals surface area contributed by atoms with Gasteiger partial charge in [0.2, 0.25) is 5.91 Å². The third-order valence-electron chi connectivity index (χ3n) is 6.71. The summed E-state index contributed by atoms with van der Waals surface area (Å²) < 4.78 is 0. The summed E-state index contributed by atoms with van der Waals surface area (Å²) in [6, 6.07) is 21.6. The molecule has 1 aliphatic heterocycles. The lowest BCUT2D eigenvalue weighted by Crippen LogP contribution is -2.23. The summed E-state index contributed by atoms with van der Waals surface area (Å²) in [5.41, 5.74) is 8.21. The maximum Gasteiger partial charge on any atom is 0.252 e. The van der Waals surface area contributed by atoms with Gasteiger partial charge in [0.05, 0.1) is 5.69 Å². The third-order valence-corrected chi connectivity index (χ3v) is 6.71. The fourth-order valence-corrected chi connectivity index (χ4v) is 4.85. The van der Waals surface area contributed by atoms with E-state index < -0.39 is 0 Å². The molecule has 6 heteroatoms. The van der Waals surface area contributed by atoms with E-state index in [-0.39, 0.29) is 11.8 Å². The SMILES string of the molecule is O=C(Nc1ccccc1)C1=Cc2c(-c3cncc(-c4ccc(N5CCCC5=O)cc4)c3)ccnc2C1. The van der Waals surface area contributed by atoms with Crippen LogP contribution in [0.5, 0.6) is 0 Å². The molecule has 36 heavy (non-hydrogen) atoms. The zero-order valence-electron chi connectivity index (χ0n) is 19.6. The molecule has 2 aliphatic rings. The minimum absolute atomic E-state index is 0.117. The van der Waals surface area contributed by atoms with Crippen molar-refractivity contribution in [1.82, 2.24) is 9.97 Å². The lowest BCUT2D eigenvalue weighted by Gasteiger charge is -2.16. The first kappa shape index (κ1) is 21.9. The van der Waals surface area contributed by atoms with E-state index in [2.05, 4.69) is 21.4 Å². The predicted molar refractivity (Wildman–Crippen MR) is 141 cm³/mol. The fraction of sp³-hybridized carbons (Fsp3) is 0.133. The highest BCUT2D eigenvalue weighted by atomic mass is 16.2. The van der Waals surface area contributed by atoms with Crippen LogP contribution >= 0.6 is 0 Å². The molecule has 0 atom stereocenters. The Bertz CT molecular complexity index is 1490. The van der Waals surface area contributed by atoms with Crippen LogP contribution in [0.1, 0.15) is 24.1 Å². The molecule has 6 rings (SSSR count). The van der Waals surface area contributed by atoms with E-state index in [0.29, 0.717) is 18.4 Å². The molecule has 4 aromatic rings. The van der Waals surface area contributed by atoms with E-state index in [1.54, 1.807) is 6.20 Å². The summed E-state index contributed by atoms with van der Waals surface area (Å²) in [6.45, 7) is 0.779. The molecule has 2 amide bonds. The van der Waals surface area contributed by atoms with Crippen LogP contribution in [0.3, 0.4) is 0 Å². The molecule has 1 saturated heterocycles. The van der Waals surface area contributed by atoms with Crippen LogP contribution in [0.4, 0.5) is 11.4 Å². The van der Waals surface area contributed by atoms with E-state index in [1.807, 2.05) is 84.0 Å². The Morgan fingerprint density at radius 2 is 1.72 bits per heavy atom. The van der Waals surface area contributed by atoms with Gasteiger partial charge in [-0.2, -0.15) is 0 Å². The fourth-order valence-electron chi connectivity index (χ4n) is 4.85. The van der Waals surface area contributed by atoms with Crippen LogP contribution in [-0.2, 0) is 16.0 Å².